The van der Waals surface area contributed by atoms with E-state index in [0.717, 1.165) is 35.4 Å². The Kier molecular flexibility index (Phi) is 3.65. The van der Waals surface area contributed by atoms with Gasteiger partial charge >= 0.3 is 0 Å². The molecule has 0 amide bonds. The van der Waals surface area contributed by atoms with E-state index >= 15 is 0 Å². The lowest BCUT2D eigenvalue weighted by molar-refractivity contribution is 0.216. The lowest BCUT2D eigenvalue weighted by Crippen LogP contribution is -2.15. The minimum atomic E-state index is 0.469. The molecule has 1 fully saturated rings. The summed E-state index contributed by atoms with van der Waals surface area (Å²) in [6, 6.07) is 10.2. The van der Waals surface area contributed by atoms with Gasteiger partial charge in [-0.2, -0.15) is 0 Å². The SMILES string of the molecule is NCc1cc2ccccc2nc1OCCC1CCC1. The third-order valence-electron chi connectivity index (χ3n) is 3.97. The minimum absolute atomic E-state index is 0.469. The summed E-state index contributed by atoms with van der Waals surface area (Å²) in [7, 11) is 0. The maximum atomic E-state index is 5.85. The molecule has 1 saturated carbocycles. The third kappa shape index (κ3) is 2.71. The molecular weight excluding hydrogens is 236 g/mol. The summed E-state index contributed by atoms with van der Waals surface area (Å²) >= 11 is 0. The fourth-order valence-electron chi connectivity index (χ4n) is 2.52. The van der Waals surface area contributed by atoms with Gasteiger partial charge in [0.2, 0.25) is 5.88 Å². The highest BCUT2D eigenvalue weighted by atomic mass is 16.5. The average Bonchev–Trinajstić information content (AvgIpc) is 2.40. The number of rotatable bonds is 5. The second-order valence-corrected chi connectivity index (χ2v) is 5.28. The van der Waals surface area contributed by atoms with Gasteiger partial charge in [0.1, 0.15) is 0 Å². The van der Waals surface area contributed by atoms with Crippen LogP contribution in [0.15, 0.2) is 30.3 Å². The molecule has 0 unspecified atom stereocenters. The quantitative estimate of drug-likeness (QED) is 0.893. The van der Waals surface area contributed by atoms with E-state index < -0.39 is 0 Å². The number of para-hydroxylation sites is 1. The first kappa shape index (κ1) is 12.4. The second-order valence-electron chi connectivity index (χ2n) is 5.28. The first-order valence-electron chi connectivity index (χ1n) is 7.08. The van der Waals surface area contributed by atoms with Crippen molar-refractivity contribution in [3.63, 3.8) is 0 Å². The Balaban J connectivity index is 1.75. The van der Waals surface area contributed by atoms with E-state index in [9.17, 15) is 0 Å². The monoisotopic (exact) mass is 256 g/mol. The number of hydrogen-bond donors (Lipinski definition) is 1. The number of nitrogens with two attached hydrogens (primary N) is 1. The molecule has 0 saturated heterocycles. The van der Waals surface area contributed by atoms with Crippen LogP contribution in [0.3, 0.4) is 0 Å². The maximum Gasteiger partial charge on any atom is 0.218 e. The van der Waals surface area contributed by atoms with Crippen molar-refractivity contribution in [2.45, 2.75) is 32.2 Å². The average molecular weight is 256 g/mol. The van der Waals surface area contributed by atoms with Crippen LogP contribution in [0.1, 0.15) is 31.2 Å². The van der Waals surface area contributed by atoms with Crippen LogP contribution in [0.4, 0.5) is 0 Å². The van der Waals surface area contributed by atoms with Crippen molar-refractivity contribution in [2.24, 2.45) is 11.7 Å². The summed E-state index contributed by atoms with van der Waals surface area (Å²) in [6.07, 6.45) is 5.24. The zero-order valence-corrected chi connectivity index (χ0v) is 11.1. The normalized spacial score (nSPS) is 15.4. The molecule has 3 rings (SSSR count). The molecule has 0 bridgehead atoms. The predicted octanol–water partition coefficient (Wildman–Crippen LogP) is 3.26. The Morgan fingerprint density at radius 1 is 1.26 bits per heavy atom. The van der Waals surface area contributed by atoms with Gasteiger partial charge in [-0.25, -0.2) is 4.98 Å². The molecule has 0 radical (unpaired) electrons. The largest absolute Gasteiger partial charge is 0.477 e. The number of benzene rings is 1. The zero-order valence-electron chi connectivity index (χ0n) is 11.1. The number of fused-ring (bicyclic) bond motifs is 1. The molecule has 0 spiro atoms. The van der Waals surface area contributed by atoms with Crippen molar-refractivity contribution in [2.75, 3.05) is 6.61 Å². The summed E-state index contributed by atoms with van der Waals surface area (Å²) in [5.74, 6) is 1.57. The number of hydrogen-bond acceptors (Lipinski definition) is 3. The van der Waals surface area contributed by atoms with E-state index in [1.165, 1.54) is 19.3 Å². The van der Waals surface area contributed by atoms with Crippen molar-refractivity contribution in [1.82, 2.24) is 4.98 Å². The summed E-state index contributed by atoms with van der Waals surface area (Å²) in [6.45, 7) is 1.22. The van der Waals surface area contributed by atoms with Crippen molar-refractivity contribution in [3.05, 3.63) is 35.9 Å². The van der Waals surface area contributed by atoms with Crippen LogP contribution in [0.2, 0.25) is 0 Å². The molecule has 1 aromatic carbocycles. The molecule has 1 aliphatic rings. The first-order chi connectivity index (χ1) is 9.36. The fraction of sp³-hybridized carbons (Fsp3) is 0.438. The van der Waals surface area contributed by atoms with Crippen molar-refractivity contribution in [3.8, 4) is 5.88 Å². The predicted molar refractivity (Wildman–Crippen MR) is 77.1 cm³/mol. The van der Waals surface area contributed by atoms with E-state index in [2.05, 4.69) is 17.1 Å². The number of pyridine rings is 1. The Morgan fingerprint density at radius 3 is 2.84 bits per heavy atom. The van der Waals surface area contributed by atoms with Gasteiger partial charge in [-0.1, -0.05) is 37.5 Å². The fourth-order valence-corrected chi connectivity index (χ4v) is 2.52. The van der Waals surface area contributed by atoms with Crippen LogP contribution in [0.5, 0.6) is 5.88 Å². The third-order valence-corrected chi connectivity index (χ3v) is 3.97. The molecule has 0 atom stereocenters. The highest BCUT2D eigenvalue weighted by Gasteiger charge is 2.17. The molecule has 1 aliphatic carbocycles. The minimum Gasteiger partial charge on any atom is -0.477 e. The van der Waals surface area contributed by atoms with E-state index in [4.69, 9.17) is 10.5 Å². The topological polar surface area (TPSA) is 48.1 Å². The van der Waals surface area contributed by atoms with Gasteiger partial charge in [0.05, 0.1) is 12.1 Å². The molecule has 3 heteroatoms. The molecule has 2 aromatic rings. The second kappa shape index (κ2) is 5.57. The molecule has 100 valence electrons. The van der Waals surface area contributed by atoms with E-state index in [-0.39, 0.29) is 0 Å². The Labute approximate surface area is 113 Å². The number of nitrogens with zero attached hydrogens (tertiary/aromatic N) is 1. The Morgan fingerprint density at radius 2 is 2.11 bits per heavy atom. The van der Waals surface area contributed by atoms with Crippen molar-refractivity contribution in [1.29, 1.82) is 0 Å². The Hall–Kier alpha value is -1.61. The van der Waals surface area contributed by atoms with E-state index in [1.807, 2.05) is 18.2 Å². The van der Waals surface area contributed by atoms with Crippen molar-refractivity contribution >= 4 is 10.9 Å². The van der Waals surface area contributed by atoms with Gasteiger partial charge in [0.25, 0.3) is 0 Å². The summed E-state index contributed by atoms with van der Waals surface area (Å²) < 4.78 is 5.85. The number of aromatic nitrogens is 1. The van der Waals surface area contributed by atoms with Gasteiger partial charge in [-0.05, 0) is 24.5 Å². The molecular formula is C16H20N2O. The first-order valence-corrected chi connectivity index (χ1v) is 7.08. The van der Waals surface area contributed by atoms with Crippen LogP contribution in [-0.2, 0) is 6.54 Å². The molecule has 1 aromatic heterocycles. The molecule has 1 heterocycles. The van der Waals surface area contributed by atoms with Gasteiger partial charge in [0, 0.05) is 17.5 Å². The molecule has 2 N–H and O–H groups in total. The molecule has 0 aliphatic heterocycles. The lowest BCUT2D eigenvalue weighted by atomic mass is 9.83. The van der Waals surface area contributed by atoms with Gasteiger partial charge < -0.3 is 10.5 Å². The molecule has 19 heavy (non-hydrogen) atoms. The van der Waals surface area contributed by atoms with Crippen LogP contribution in [0.25, 0.3) is 10.9 Å². The zero-order chi connectivity index (χ0) is 13.1. The highest BCUT2D eigenvalue weighted by Crippen LogP contribution is 2.29. The Bertz CT molecular complexity index is 564. The number of ether oxygens (including phenoxy) is 1. The lowest BCUT2D eigenvalue weighted by Gasteiger charge is -2.25. The maximum absolute atomic E-state index is 5.85. The summed E-state index contributed by atoms with van der Waals surface area (Å²) in [5, 5.41) is 1.12. The van der Waals surface area contributed by atoms with Gasteiger partial charge in [-0.15, -0.1) is 0 Å². The van der Waals surface area contributed by atoms with Crippen LogP contribution in [0, 0.1) is 5.92 Å². The van der Waals surface area contributed by atoms with E-state index in [1.54, 1.807) is 0 Å². The highest BCUT2D eigenvalue weighted by molar-refractivity contribution is 5.80. The van der Waals surface area contributed by atoms with Gasteiger partial charge in [-0.3, -0.25) is 0 Å². The van der Waals surface area contributed by atoms with Crippen LogP contribution >= 0.6 is 0 Å². The van der Waals surface area contributed by atoms with Gasteiger partial charge in [0.15, 0.2) is 0 Å². The van der Waals surface area contributed by atoms with Crippen LogP contribution in [-0.4, -0.2) is 11.6 Å². The summed E-state index contributed by atoms with van der Waals surface area (Å²) in [5.41, 5.74) is 7.75. The van der Waals surface area contributed by atoms with Crippen molar-refractivity contribution < 1.29 is 4.74 Å². The standard InChI is InChI=1S/C16H20N2O/c17-11-14-10-13-6-1-2-7-15(13)18-16(14)19-9-8-12-4-3-5-12/h1-2,6-7,10,12H,3-5,8-9,11,17H2. The summed E-state index contributed by atoms with van der Waals surface area (Å²) in [4.78, 5) is 4.58. The molecule has 3 nitrogen and oxygen atoms in total. The van der Waals surface area contributed by atoms with E-state index in [0.29, 0.717) is 12.4 Å². The van der Waals surface area contributed by atoms with Crippen LogP contribution < -0.4 is 10.5 Å². The smallest absolute Gasteiger partial charge is 0.218 e.